The first-order valence-electron chi connectivity index (χ1n) is 16.8. The highest BCUT2D eigenvalue weighted by Crippen LogP contribution is 2.38. The second-order valence-corrected chi connectivity index (χ2v) is 12.5. The summed E-state index contributed by atoms with van der Waals surface area (Å²) in [5.41, 5.74) is 17.3. The zero-order valence-electron chi connectivity index (χ0n) is 27.3. The summed E-state index contributed by atoms with van der Waals surface area (Å²) in [5.74, 6) is 0.982. The van der Waals surface area contributed by atoms with Crippen LogP contribution in [0.3, 0.4) is 0 Å². The first-order chi connectivity index (χ1) is 24.7. The Balaban J connectivity index is 1.27. The van der Waals surface area contributed by atoms with Crippen LogP contribution in [-0.4, -0.2) is 21.2 Å². The highest BCUT2D eigenvalue weighted by molar-refractivity contribution is 6.19. The maximum atomic E-state index is 6.95. The standard InChI is InChI=1S/C45H33N5/c46-44(35-22-8-7-19-32(35)31-17-5-2-6-18-31)49-45(47-29-30-15-3-1-4-16-30)36-23-11-14-26-42(36)50-41-25-13-10-21-34(41)38-27-37-33-20-9-12-24-39(33)48-40(37)28-43(38)50/h1-28,48H,29H2,(H2,46,47,49). The smallest absolute Gasteiger partial charge is 0.159 e. The van der Waals surface area contributed by atoms with Crippen LogP contribution in [0.1, 0.15) is 16.7 Å². The monoisotopic (exact) mass is 643 g/mol. The Labute approximate surface area is 289 Å². The number of H-pyrrole nitrogens is 1. The predicted molar refractivity (Wildman–Crippen MR) is 209 cm³/mol. The van der Waals surface area contributed by atoms with E-state index in [0.29, 0.717) is 18.2 Å². The molecule has 0 spiro atoms. The van der Waals surface area contributed by atoms with Gasteiger partial charge in [-0.3, -0.25) is 4.99 Å². The fourth-order valence-electron chi connectivity index (χ4n) is 7.11. The van der Waals surface area contributed by atoms with Crippen molar-refractivity contribution in [2.45, 2.75) is 6.54 Å². The second-order valence-electron chi connectivity index (χ2n) is 12.5. The summed E-state index contributed by atoms with van der Waals surface area (Å²) in [6.07, 6.45) is 0. The molecule has 0 saturated heterocycles. The Morgan fingerprint density at radius 2 is 1.20 bits per heavy atom. The van der Waals surface area contributed by atoms with E-state index < -0.39 is 0 Å². The van der Waals surface area contributed by atoms with Gasteiger partial charge in [-0.15, -0.1) is 0 Å². The van der Waals surface area contributed by atoms with Crippen molar-refractivity contribution >= 4 is 55.3 Å². The quantitative estimate of drug-likeness (QED) is 0.137. The summed E-state index contributed by atoms with van der Waals surface area (Å²) in [7, 11) is 0. The number of hydrogen-bond donors (Lipinski definition) is 2. The molecule has 9 aromatic rings. The van der Waals surface area contributed by atoms with E-state index in [0.717, 1.165) is 55.6 Å². The normalized spacial score (nSPS) is 12.4. The number of fused-ring (bicyclic) bond motifs is 6. The number of aliphatic imine (C=N–C) groups is 2. The second kappa shape index (κ2) is 12.4. The van der Waals surface area contributed by atoms with Gasteiger partial charge in [0, 0.05) is 43.7 Å². The molecule has 0 unspecified atom stereocenters. The third-order valence-electron chi connectivity index (χ3n) is 9.45. The molecule has 0 aliphatic carbocycles. The molecule has 0 amide bonds. The highest BCUT2D eigenvalue weighted by Gasteiger charge is 2.19. The van der Waals surface area contributed by atoms with Gasteiger partial charge >= 0.3 is 0 Å². The number of aromatic amines is 1. The number of aromatic nitrogens is 2. The molecular formula is C45H33N5. The lowest BCUT2D eigenvalue weighted by Gasteiger charge is -2.15. The number of nitrogens with one attached hydrogen (secondary N) is 1. The third-order valence-corrected chi connectivity index (χ3v) is 9.45. The van der Waals surface area contributed by atoms with E-state index >= 15 is 0 Å². The topological polar surface area (TPSA) is 71.5 Å². The zero-order chi connectivity index (χ0) is 33.4. The van der Waals surface area contributed by atoms with Gasteiger partial charge in [0.25, 0.3) is 0 Å². The SMILES string of the molecule is N/C(=N\C(=N/Cc1ccccc1)c1ccccc1-n1c2ccccc2c2cc3c(cc21)[nH]c1ccccc13)c1ccccc1-c1ccccc1. The summed E-state index contributed by atoms with van der Waals surface area (Å²) in [6, 6.07) is 58.8. The number of nitrogens with two attached hydrogens (primary N) is 1. The minimum absolute atomic E-state index is 0.410. The molecule has 5 nitrogen and oxygen atoms in total. The molecule has 2 heterocycles. The van der Waals surface area contributed by atoms with Crippen LogP contribution in [0.2, 0.25) is 0 Å². The summed E-state index contributed by atoms with van der Waals surface area (Å²) in [4.78, 5) is 14.0. The van der Waals surface area contributed by atoms with Gasteiger partial charge < -0.3 is 15.3 Å². The first kappa shape index (κ1) is 29.4. The van der Waals surface area contributed by atoms with Gasteiger partial charge in [-0.2, -0.15) is 0 Å². The van der Waals surface area contributed by atoms with Crippen LogP contribution in [0.4, 0.5) is 0 Å². The number of rotatable bonds is 6. The van der Waals surface area contributed by atoms with Crippen LogP contribution in [-0.2, 0) is 6.54 Å². The van der Waals surface area contributed by atoms with Crippen LogP contribution in [0.5, 0.6) is 0 Å². The van der Waals surface area contributed by atoms with Gasteiger partial charge in [-0.05, 0) is 53.1 Å². The first-order valence-corrected chi connectivity index (χ1v) is 16.8. The van der Waals surface area contributed by atoms with Gasteiger partial charge in [-0.25, -0.2) is 4.99 Å². The number of hydrogen-bond acceptors (Lipinski definition) is 1. The molecule has 0 fully saturated rings. The molecule has 238 valence electrons. The number of para-hydroxylation sites is 3. The fraction of sp³-hybridized carbons (Fsp3) is 0.0222. The largest absolute Gasteiger partial charge is 0.383 e. The molecule has 0 aliphatic heterocycles. The molecule has 0 bridgehead atoms. The van der Waals surface area contributed by atoms with E-state index in [1.165, 1.54) is 21.5 Å². The fourth-order valence-corrected chi connectivity index (χ4v) is 7.11. The van der Waals surface area contributed by atoms with Crippen molar-refractivity contribution in [3.8, 4) is 16.8 Å². The molecule has 50 heavy (non-hydrogen) atoms. The Kier molecular flexibility index (Phi) is 7.29. The van der Waals surface area contributed by atoms with Crippen molar-refractivity contribution in [2.75, 3.05) is 0 Å². The number of amidine groups is 2. The molecule has 0 saturated carbocycles. The van der Waals surface area contributed by atoms with Crippen molar-refractivity contribution in [3.63, 3.8) is 0 Å². The van der Waals surface area contributed by atoms with Crippen molar-refractivity contribution in [3.05, 3.63) is 187 Å². The van der Waals surface area contributed by atoms with Crippen LogP contribution in [0.15, 0.2) is 180 Å². The number of nitrogens with zero attached hydrogens (tertiary/aromatic N) is 3. The maximum absolute atomic E-state index is 6.95. The third kappa shape index (κ3) is 5.13. The van der Waals surface area contributed by atoms with Crippen molar-refractivity contribution in [1.29, 1.82) is 0 Å². The molecule has 3 N–H and O–H groups in total. The van der Waals surface area contributed by atoms with E-state index in [2.05, 4.69) is 119 Å². The van der Waals surface area contributed by atoms with Gasteiger partial charge in [0.2, 0.25) is 0 Å². The van der Waals surface area contributed by atoms with E-state index in [4.69, 9.17) is 15.7 Å². The molecule has 0 atom stereocenters. The molecular weight excluding hydrogens is 611 g/mol. The van der Waals surface area contributed by atoms with E-state index in [1.807, 2.05) is 60.7 Å². The van der Waals surface area contributed by atoms with Crippen LogP contribution >= 0.6 is 0 Å². The van der Waals surface area contributed by atoms with Gasteiger partial charge in [-0.1, -0.05) is 133 Å². The Morgan fingerprint density at radius 1 is 0.540 bits per heavy atom. The van der Waals surface area contributed by atoms with Gasteiger partial charge in [0.15, 0.2) is 5.84 Å². The summed E-state index contributed by atoms with van der Waals surface area (Å²) in [5, 5.41) is 4.81. The molecule has 9 rings (SSSR count). The lowest BCUT2D eigenvalue weighted by atomic mass is 9.99. The summed E-state index contributed by atoms with van der Waals surface area (Å²) >= 11 is 0. The molecule has 0 radical (unpaired) electrons. The van der Waals surface area contributed by atoms with Crippen LogP contribution in [0.25, 0.3) is 60.4 Å². The Hall–Kier alpha value is -6.72. The average Bonchev–Trinajstić information content (AvgIpc) is 3.71. The zero-order valence-corrected chi connectivity index (χ0v) is 27.3. The number of benzene rings is 7. The van der Waals surface area contributed by atoms with Gasteiger partial charge in [0.05, 0.1) is 23.3 Å². The van der Waals surface area contributed by atoms with E-state index in [9.17, 15) is 0 Å². The Morgan fingerprint density at radius 3 is 2.04 bits per heavy atom. The Bertz CT molecular complexity index is 2730. The minimum atomic E-state index is 0.410. The summed E-state index contributed by atoms with van der Waals surface area (Å²) < 4.78 is 2.34. The predicted octanol–water partition coefficient (Wildman–Crippen LogP) is 10.4. The molecule has 0 aliphatic rings. The maximum Gasteiger partial charge on any atom is 0.159 e. The van der Waals surface area contributed by atoms with Crippen molar-refractivity contribution in [2.24, 2.45) is 15.7 Å². The minimum Gasteiger partial charge on any atom is -0.383 e. The highest BCUT2D eigenvalue weighted by atomic mass is 15.0. The molecule has 5 heteroatoms. The lowest BCUT2D eigenvalue weighted by Crippen LogP contribution is -2.18. The van der Waals surface area contributed by atoms with Crippen LogP contribution < -0.4 is 5.73 Å². The lowest BCUT2D eigenvalue weighted by molar-refractivity contribution is 1.06. The summed E-state index contributed by atoms with van der Waals surface area (Å²) in [6.45, 7) is 0.463. The van der Waals surface area contributed by atoms with Crippen LogP contribution in [0, 0.1) is 0 Å². The van der Waals surface area contributed by atoms with Crippen molar-refractivity contribution in [1.82, 2.24) is 9.55 Å². The van der Waals surface area contributed by atoms with E-state index in [-0.39, 0.29) is 0 Å². The average molecular weight is 644 g/mol. The van der Waals surface area contributed by atoms with Crippen molar-refractivity contribution < 1.29 is 0 Å². The molecule has 2 aromatic heterocycles. The van der Waals surface area contributed by atoms with E-state index in [1.54, 1.807) is 0 Å². The van der Waals surface area contributed by atoms with Gasteiger partial charge in [0.1, 0.15) is 5.84 Å². The molecule has 7 aromatic carbocycles.